The average Bonchev–Trinajstić information content (AvgIpc) is 3.01. The van der Waals surface area contributed by atoms with Crippen LogP contribution < -0.4 is 4.90 Å². The van der Waals surface area contributed by atoms with Crippen LogP contribution in [0.3, 0.4) is 0 Å². The minimum atomic E-state index is -0.393. The summed E-state index contributed by atoms with van der Waals surface area (Å²) in [6.07, 6.45) is 3.10. The molecule has 0 spiro atoms. The second kappa shape index (κ2) is 7.96. The van der Waals surface area contributed by atoms with E-state index in [1.54, 1.807) is 36.5 Å². The Hall–Kier alpha value is -2.96. The molecule has 0 aliphatic carbocycles. The van der Waals surface area contributed by atoms with Crippen LogP contribution in [0.15, 0.2) is 82.8 Å². The van der Waals surface area contributed by atoms with Crippen molar-refractivity contribution in [3.05, 3.63) is 94.4 Å². The molecule has 1 aliphatic heterocycles. The van der Waals surface area contributed by atoms with Gasteiger partial charge >= 0.3 is 0 Å². The second-order valence-corrected chi connectivity index (χ2v) is 7.18. The van der Waals surface area contributed by atoms with Crippen molar-refractivity contribution in [1.82, 2.24) is 4.98 Å². The highest BCUT2D eigenvalue weighted by Crippen LogP contribution is 2.38. The minimum absolute atomic E-state index is 0.239. The van der Waals surface area contributed by atoms with E-state index < -0.39 is 5.82 Å². The fraction of sp³-hybridized carbons (Fsp3) is 0. The smallest absolute Gasteiger partial charge is 0.268 e. The fourth-order valence-corrected chi connectivity index (χ4v) is 3.80. The summed E-state index contributed by atoms with van der Waals surface area (Å²) >= 11 is 7.29. The molecule has 1 saturated heterocycles. The number of amides is 1. The number of thioether (sulfide) groups is 1. The van der Waals surface area contributed by atoms with Gasteiger partial charge in [0.1, 0.15) is 11.5 Å². The summed E-state index contributed by atoms with van der Waals surface area (Å²) in [5.74, 6) is -0.673. The normalized spacial score (nSPS) is 16.9. The predicted octanol–water partition coefficient (Wildman–Crippen LogP) is 5.68. The third-order valence-electron chi connectivity index (χ3n) is 3.97. The van der Waals surface area contributed by atoms with Crippen molar-refractivity contribution < 1.29 is 9.18 Å². The Labute approximate surface area is 170 Å². The SMILES string of the molecule is O=C1/C(=C/c2ccccc2F)SC(=Nc2cccnc2Cl)N1c1ccccc1. The highest BCUT2D eigenvalue weighted by Gasteiger charge is 2.35. The number of benzene rings is 2. The summed E-state index contributed by atoms with van der Waals surface area (Å²) in [5, 5.41) is 0.663. The lowest BCUT2D eigenvalue weighted by atomic mass is 10.2. The molecule has 0 bridgehead atoms. The topological polar surface area (TPSA) is 45.6 Å². The Kier molecular flexibility index (Phi) is 5.23. The molecule has 2 heterocycles. The van der Waals surface area contributed by atoms with Gasteiger partial charge < -0.3 is 0 Å². The maximum Gasteiger partial charge on any atom is 0.271 e. The van der Waals surface area contributed by atoms with Crippen molar-refractivity contribution in [3.63, 3.8) is 0 Å². The zero-order valence-corrected chi connectivity index (χ0v) is 16.0. The van der Waals surface area contributed by atoms with Gasteiger partial charge in [-0.3, -0.25) is 9.69 Å². The molecule has 1 fully saturated rings. The summed E-state index contributed by atoms with van der Waals surface area (Å²) in [5.41, 5.74) is 1.45. The number of amidine groups is 1. The highest BCUT2D eigenvalue weighted by molar-refractivity contribution is 8.19. The number of rotatable bonds is 3. The molecule has 4 rings (SSSR count). The molecule has 4 nitrogen and oxygen atoms in total. The summed E-state index contributed by atoms with van der Waals surface area (Å²) < 4.78 is 14.1. The predicted molar refractivity (Wildman–Crippen MR) is 112 cm³/mol. The Morgan fingerprint density at radius 2 is 1.79 bits per heavy atom. The molecule has 0 unspecified atom stereocenters. The molecule has 3 aromatic rings. The van der Waals surface area contributed by atoms with E-state index in [4.69, 9.17) is 11.6 Å². The zero-order valence-electron chi connectivity index (χ0n) is 14.4. The summed E-state index contributed by atoms with van der Waals surface area (Å²) in [7, 11) is 0. The van der Waals surface area contributed by atoms with E-state index in [2.05, 4.69) is 9.98 Å². The molecule has 28 heavy (non-hydrogen) atoms. The summed E-state index contributed by atoms with van der Waals surface area (Å²) in [4.78, 5) is 23.5. The molecular weight excluding hydrogens is 397 g/mol. The number of aliphatic imine (C=N–C) groups is 1. The van der Waals surface area contributed by atoms with Gasteiger partial charge in [0.05, 0.1) is 10.6 Å². The Balaban J connectivity index is 1.81. The lowest BCUT2D eigenvalue weighted by Crippen LogP contribution is -2.28. The molecule has 0 atom stereocenters. The van der Waals surface area contributed by atoms with Crippen molar-refractivity contribution in [2.75, 3.05) is 4.90 Å². The molecule has 0 N–H and O–H groups in total. The fourth-order valence-electron chi connectivity index (χ4n) is 2.65. The van der Waals surface area contributed by atoms with Crippen LogP contribution in [-0.4, -0.2) is 16.1 Å². The second-order valence-electron chi connectivity index (χ2n) is 5.82. The lowest BCUT2D eigenvalue weighted by molar-refractivity contribution is -0.113. The van der Waals surface area contributed by atoms with E-state index in [-0.39, 0.29) is 11.1 Å². The molecule has 0 radical (unpaired) electrons. The number of nitrogens with zero attached hydrogens (tertiary/aromatic N) is 3. The molecular formula is C21H13ClFN3OS. The monoisotopic (exact) mass is 409 g/mol. The molecule has 138 valence electrons. The number of anilines is 1. The van der Waals surface area contributed by atoms with Crippen LogP contribution in [0, 0.1) is 5.82 Å². The molecule has 2 aromatic carbocycles. The first-order valence-corrected chi connectivity index (χ1v) is 9.56. The molecule has 1 amide bonds. The van der Waals surface area contributed by atoms with Gasteiger partial charge in [0.25, 0.3) is 5.91 Å². The van der Waals surface area contributed by atoms with Crippen LogP contribution >= 0.6 is 23.4 Å². The lowest BCUT2D eigenvalue weighted by Gasteiger charge is -2.15. The average molecular weight is 410 g/mol. The minimum Gasteiger partial charge on any atom is -0.268 e. The van der Waals surface area contributed by atoms with Gasteiger partial charge in [-0.1, -0.05) is 48.0 Å². The zero-order chi connectivity index (χ0) is 19.5. The first-order valence-electron chi connectivity index (χ1n) is 8.36. The van der Waals surface area contributed by atoms with Crippen LogP contribution in [0.25, 0.3) is 6.08 Å². The molecule has 0 saturated carbocycles. The van der Waals surface area contributed by atoms with Crippen LogP contribution in [-0.2, 0) is 4.79 Å². The van der Waals surface area contributed by atoms with Crippen LogP contribution in [0.4, 0.5) is 15.8 Å². The number of hydrogen-bond donors (Lipinski definition) is 0. The molecule has 7 heteroatoms. The van der Waals surface area contributed by atoms with Gasteiger partial charge in [0.2, 0.25) is 0 Å². The number of carbonyl (C=O) groups is 1. The first-order chi connectivity index (χ1) is 13.6. The van der Waals surface area contributed by atoms with Crippen LogP contribution in [0.1, 0.15) is 5.56 Å². The van der Waals surface area contributed by atoms with Gasteiger partial charge in [0, 0.05) is 11.8 Å². The van der Waals surface area contributed by atoms with Crippen molar-refractivity contribution in [2.24, 2.45) is 4.99 Å². The van der Waals surface area contributed by atoms with Gasteiger partial charge in [-0.25, -0.2) is 14.4 Å². The quantitative estimate of drug-likeness (QED) is 0.412. The number of pyridine rings is 1. The van der Waals surface area contributed by atoms with E-state index in [9.17, 15) is 9.18 Å². The summed E-state index contributed by atoms with van der Waals surface area (Å²) in [6.45, 7) is 0. The van der Waals surface area contributed by atoms with Crippen LogP contribution in [0.5, 0.6) is 0 Å². The van der Waals surface area contributed by atoms with E-state index in [0.717, 1.165) is 11.8 Å². The Morgan fingerprint density at radius 1 is 1.04 bits per heavy atom. The van der Waals surface area contributed by atoms with Gasteiger partial charge in [-0.05, 0) is 48.2 Å². The number of para-hydroxylation sites is 1. The van der Waals surface area contributed by atoms with Crippen molar-refractivity contribution >= 4 is 51.9 Å². The van der Waals surface area contributed by atoms with Gasteiger partial charge in [0.15, 0.2) is 10.3 Å². The van der Waals surface area contributed by atoms with Gasteiger partial charge in [-0.15, -0.1) is 0 Å². The van der Waals surface area contributed by atoms with Gasteiger partial charge in [-0.2, -0.15) is 0 Å². The molecule has 1 aliphatic rings. The largest absolute Gasteiger partial charge is 0.271 e. The van der Waals surface area contributed by atoms with Crippen molar-refractivity contribution in [2.45, 2.75) is 0 Å². The van der Waals surface area contributed by atoms with E-state index in [1.165, 1.54) is 17.0 Å². The third-order valence-corrected chi connectivity index (χ3v) is 5.23. The first kappa shape index (κ1) is 18.4. The Morgan fingerprint density at radius 3 is 2.54 bits per heavy atom. The van der Waals surface area contributed by atoms with Crippen molar-refractivity contribution in [3.8, 4) is 0 Å². The van der Waals surface area contributed by atoms with E-state index in [0.29, 0.717) is 27.0 Å². The summed E-state index contributed by atoms with van der Waals surface area (Å²) in [6, 6.07) is 18.9. The maximum absolute atomic E-state index is 14.1. The number of hydrogen-bond acceptors (Lipinski definition) is 4. The van der Waals surface area contributed by atoms with E-state index >= 15 is 0 Å². The Bertz CT molecular complexity index is 1100. The third kappa shape index (κ3) is 3.69. The number of carbonyl (C=O) groups excluding carboxylic acids is 1. The van der Waals surface area contributed by atoms with Crippen molar-refractivity contribution in [1.29, 1.82) is 0 Å². The number of halogens is 2. The standard InChI is InChI=1S/C21H13ClFN3OS/c22-19-17(11-6-12-24-19)25-21-26(15-8-2-1-3-9-15)20(27)18(28-21)13-14-7-4-5-10-16(14)23/h1-13H/b18-13-,25-21?. The number of aromatic nitrogens is 1. The highest BCUT2D eigenvalue weighted by atomic mass is 35.5. The van der Waals surface area contributed by atoms with Crippen LogP contribution in [0.2, 0.25) is 5.15 Å². The molecule has 1 aromatic heterocycles. The maximum atomic E-state index is 14.1. The van der Waals surface area contributed by atoms with E-state index in [1.807, 2.05) is 30.3 Å².